The zero-order chi connectivity index (χ0) is 8.43. The number of aryl methyl sites for hydroxylation is 1. The Morgan fingerprint density at radius 3 is 2.45 bits per heavy atom. The number of aromatic nitrogens is 1. The van der Waals surface area contributed by atoms with Crippen molar-refractivity contribution in [2.45, 2.75) is 33.1 Å². The number of rotatable bonds is 2. The van der Waals surface area contributed by atoms with Crippen LogP contribution >= 0.6 is 22.6 Å². The average Bonchev–Trinajstić information content (AvgIpc) is 2.30. The summed E-state index contributed by atoms with van der Waals surface area (Å²) in [5, 5.41) is 4.00. The van der Waals surface area contributed by atoms with Crippen LogP contribution in [-0.2, 0) is 6.42 Å². The van der Waals surface area contributed by atoms with Crippen LogP contribution < -0.4 is 0 Å². The third-order valence-electron chi connectivity index (χ3n) is 1.59. The molecule has 0 aliphatic heterocycles. The monoisotopic (exact) mass is 265 g/mol. The molecular weight excluding hydrogens is 253 g/mol. The van der Waals surface area contributed by atoms with Crippen molar-refractivity contribution >= 4 is 22.6 Å². The van der Waals surface area contributed by atoms with Gasteiger partial charge in [0.15, 0.2) is 0 Å². The van der Waals surface area contributed by atoms with Crippen molar-refractivity contribution < 1.29 is 4.52 Å². The highest BCUT2D eigenvalue weighted by Gasteiger charge is 2.13. The van der Waals surface area contributed by atoms with Gasteiger partial charge in [-0.1, -0.05) is 25.9 Å². The van der Waals surface area contributed by atoms with Gasteiger partial charge >= 0.3 is 0 Å². The summed E-state index contributed by atoms with van der Waals surface area (Å²) in [6.07, 6.45) is 0.929. The molecule has 0 radical (unpaired) electrons. The number of hydrogen-bond donors (Lipinski definition) is 0. The summed E-state index contributed by atoms with van der Waals surface area (Å²) in [6.45, 7) is 6.33. The number of halogens is 1. The highest BCUT2D eigenvalue weighted by molar-refractivity contribution is 14.1. The van der Waals surface area contributed by atoms with Crippen LogP contribution in [0.1, 0.15) is 38.1 Å². The van der Waals surface area contributed by atoms with Gasteiger partial charge in [0, 0.05) is 12.3 Å². The Hall–Kier alpha value is -0.0600. The molecular formula is C8H12INO. The van der Waals surface area contributed by atoms with Crippen LogP contribution in [0.4, 0.5) is 0 Å². The van der Waals surface area contributed by atoms with Gasteiger partial charge in [0.05, 0.1) is 9.26 Å². The second-order valence-corrected chi connectivity index (χ2v) is 3.89. The molecule has 0 fully saturated rings. The molecule has 0 saturated carbocycles. The summed E-state index contributed by atoms with van der Waals surface area (Å²) < 4.78 is 6.34. The minimum atomic E-state index is 0.464. The Balaban J connectivity index is 3.00. The maximum absolute atomic E-state index is 5.15. The topological polar surface area (TPSA) is 26.0 Å². The summed E-state index contributed by atoms with van der Waals surface area (Å²) in [6, 6.07) is 0. The predicted octanol–water partition coefficient (Wildman–Crippen LogP) is 2.97. The van der Waals surface area contributed by atoms with Gasteiger partial charge < -0.3 is 4.52 Å². The molecule has 0 saturated heterocycles. The van der Waals surface area contributed by atoms with Crippen LogP contribution in [0.3, 0.4) is 0 Å². The first-order valence-corrected chi connectivity index (χ1v) is 4.88. The summed E-state index contributed by atoms with van der Waals surface area (Å²) in [5.74, 6) is 1.47. The zero-order valence-electron chi connectivity index (χ0n) is 7.02. The fourth-order valence-corrected chi connectivity index (χ4v) is 2.11. The normalized spacial score (nSPS) is 11.0. The Morgan fingerprint density at radius 2 is 2.18 bits per heavy atom. The summed E-state index contributed by atoms with van der Waals surface area (Å²) in [5.41, 5.74) is 1.09. The second kappa shape index (κ2) is 3.56. The standard InChI is InChI=1S/C8H12INO/c1-4-6-7(9)8(5(2)3)10-11-6/h5H,4H2,1-3H3. The van der Waals surface area contributed by atoms with E-state index in [1.807, 2.05) is 0 Å². The molecule has 1 aromatic rings. The molecule has 0 aliphatic rings. The van der Waals surface area contributed by atoms with E-state index < -0.39 is 0 Å². The van der Waals surface area contributed by atoms with E-state index in [2.05, 4.69) is 48.5 Å². The fourth-order valence-electron chi connectivity index (χ4n) is 0.906. The largest absolute Gasteiger partial charge is 0.360 e. The predicted molar refractivity (Wildman–Crippen MR) is 52.7 cm³/mol. The average molecular weight is 265 g/mol. The molecule has 0 N–H and O–H groups in total. The first-order chi connectivity index (χ1) is 5.16. The molecule has 11 heavy (non-hydrogen) atoms. The number of nitrogens with zero attached hydrogens (tertiary/aromatic N) is 1. The van der Waals surface area contributed by atoms with Crippen molar-refractivity contribution in [1.29, 1.82) is 0 Å². The lowest BCUT2D eigenvalue weighted by Crippen LogP contribution is -1.90. The van der Waals surface area contributed by atoms with E-state index in [1.54, 1.807) is 0 Å². The molecule has 0 atom stereocenters. The molecule has 0 aliphatic carbocycles. The molecule has 1 rings (SSSR count). The van der Waals surface area contributed by atoms with Gasteiger partial charge in [-0.25, -0.2) is 0 Å². The van der Waals surface area contributed by atoms with Gasteiger partial charge in [-0.15, -0.1) is 0 Å². The van der Waals surface area contributed by atoms with E-state index in [1.165, 1.54) is 3.57 Å². The first-order valence-electron chi connectivity index (χ1n) is 3.80. The quantitative estimate of drug-likeness (QED) is 0.768. The lowest BCUT2D eigenvalue weighted by molar-refractivity contribution is 0.377. The smallest absolute Gasteiger partial charge is 0.150 e. The highest BCUT2D eigenvalue weighted by Crippen LogP contribution is 2.23. The Labute approximate surface area is 80.5 Å². The van der Waals surface area contributed by atoms with E-state index in [0.29, 0.717) is 5.92 Å². The number of hydrogen-bond acceptors (Lipinski definition) is 2. The lowest BCUT2D eigenvalue weighted by atomic mass is 10.1. The third kappa shape index (κ3) is 1.75. The van der Waals surface area contributed by atoms with E-state index in [4.69, 9.17) is 4.52 Å². The molecule has 62 valence electrons. The molecule has 0 aromatic carbocycles. The third-order valence-corrected chi connectivity index (χ3v) is 2.75. The van der Waals surface area contributed by atoms with Crippen LogP contribution in [-0.4, -0.2) is 5.16 Å². The molecule has 0 bridgehead atoms. The minimum Gasteiger partial charge on any atom is -0.360 e. The van der Waals surface area contributed by atoms with Crippen molar-refractivity contribution in [3.8, 4) is 0 Å². The molecule has 1 heterocycles. The van der Waals surface area contributed by atoms with Crippen molar-refractivity contribution in [1.82, 2.24) is 5.16 Å². The first kappa shape index (κ1) is 9.03. The molecule has 3 heteroatoms. The van der Waals surface area contributed by atoms with E-state index in [-0.39, 0.29) is 0 Å². The van der Waals surface area contributed by atoms with Crippen molar-refractivity contribution in [2.75, 3.05) is 0 Å². The maximum Gasteiger partial charge on any atom is 0.150 e. The van der Waals surface area contributed by atoms with Crippen LogP contribution in [0, 0.1) is 3.57 Å². The van der Waals surface area contributed by atoms with E-state index >= 15 is 0 Å². The molecule has 0 amide bonds. The van der Waals surface area contributed by atoms with Gasteiger partial charge in [-0.2, -0.15) is 0 Å². The van der Waals surface area contributed by atoms with Gasteiger partial charge in [-0.05, 0) is 22.6 Å². The Bertz CT molecular complexity index is 242. The van der Waals surface area contributed by atoms with Crippen molar-refractivity contribution in [3.05, 3.63) is 15.0 Å². The fraction of sp³-hybridized carbons (Fsp3) is 0.625. The van der Waals surface area contributed by atoms with Gasteiger partial charge in [0.25, 0.3) is 0 Å². The molecule has 0 unspecified atom stereocenters. The summed E-state index contributed by atoms with van der Waals surface area (Å²) in [7, 11) is 0. The van der Waals surface area contributed by atoms with E-state index in [0.717, 1.165) is 17.9 Å². The van der Waals surface area contributed by atoms with Crippen molar-refractivity contribution in [3.63, 3.8) is 0 Å². The maximum atomic E-state index is 5.15. The SMILES string of the molecule is CCc1onc(C(C)C)c1I. The van der Waals surface area contributed by atoms with Gasteiger partial charge in [0.2, 0.25) is 0 Å². The Morgan fingerprint density at radius 1 is 1.55 bits per heavy atom. The molecule has 2 nitrogen and oxygen atoms in total. The van der Waals surface area contributed by atoms with E-state index in [9.17, 15) is 0 Å². The molecule has 1 aromatic heterocycles. The lowest BCUT2D eigenvalue weighted by Gasteiger charge is -1.97. The van der Waals surface area contributed by atoms with Crippen LogP contribution in [0.25, 0.3) is 0 Å². The van der Waals surface area contributed by atoms with Crippen LogP contribution in [0.2, 0.25) is 0 Å². The van der Waals surface area contributed by atoms with Crippen LogP contribution in [0.15, 0.2) is 4.52 Å². The minimum absolute atomic E-state index is 0.464. The van der Waals surface area contributed by atoms with Gasteiger partial charge in [0.1, 0.15) is 5.76 Å². The Kier molecular flexibility index (Phi) is 2.92. The van der Waals surface area contributed by atoms with Gasteiger partial charge in [-0.3, -0.25) is 0 Å². The second-order valence-electron chi connectivity index (χ2n) is 2.81. The summed E-state index contributed by atoms with van der Waals surface area (Å²) in [4.78, 5) is 0. The zero-order valence-corrected chi connectivity index (χ0v) is 9.18. The van der Waals surface area contributed by atoms with Crippen LogP contribution in [0.5, 0.6) is 0 Å². The van der Waals surface area contributed by atoms with Crippen molar-refractivity contribution in [2.24, 2.45) is 0 Å². The molecule has 0 spiro atoms. The summed E-state index contributed by atoms with van der Waals surface area (Å²) >= 11 is 2.30. The highest BCUT2D eigenvalue weighted by atomic mass is 127.